The van der Waals surface area contributed by atoms with Gasteiger partial charge in [-0.25, -0.2) is 9.78 Å². The molecule has 1 fully saturated rings. The molecule has 0 spiro atoms. The highest BCUT2D eigenvalue weighted by molar-refractivity contribution is 5.69. The first-order valence-electron chi connectivity index (χ1n) is 10.3. The molecule has 1 aliphatic heterocycles. The molecule has 0 radical (unpaired) electrons. The Morgan fingerprint density at radius 2 is 2.00 bits per heavy atom. The van der Waals surface area contributed by atoms with E-state index in [1.165, 1.54) is 0 Å². The molecule has 1 amide bonds. The predicted molar refractivity (Wildman–Crippen MR) is 120 cm³/mol. The predicted octanol–water partition coefficient (Wildman–Crippen LogP) is 4.73. The molecule has 31 heavy (non-hydrogen) atoms. The summed E-state index contributed by atoms with van der Waals surface area (Å²) in [5, 5.41) is 3.34. The van der Waals surface area contributed by atoms with Gasteiger partial charge in [0.05, 0.1) is 19.3 Å². The summed E-state index contributed by atoms with van der Waals surface area (Å²) < 4.78 is 16.7. The molecule has 3 rings (SSSR count). The van der Waals surface area contributed by atoms with Crippen LogP contribution in [-0.4, -0.2) is 52.8 Å². The number of carbonyl (C=O) groups is 1. The number of anilines is 1. The van der Waals surface area contributed by atoms with Crippen LogP contribution in [-0.2, 0) is 4.74 Å². The SMILES string of the molecule is C=Cc1ncc(NC[C@@H]2CCCN2C(=O)OC(C)(C)C)c(Oc2ccc(OC)cc2)n1. The molecule has 0 unspecified atom stereocenters. The van der Waals surface area contributed by atoms with Crippen molar-refractivity contribution in [2.75, 3.05) is 25.5 Å². The molecule has 1 aromatic heterocycles. The van der Waals surface area contributed by atoms with Crippen molar-refractivity contribution in [2.45, 2.75) is 45.3 Å². The van der Waals surface area contributed by atoms with Crippen LogP contribution >= 0.6 is 0 Å². The quantitative estimate of drug-likeness (QED) is 0.685. The van der Waals surface area contributed by atoms with Gasteiger partial charge in [0.15, 0.2) is 5.82 Å². The summed E-state index contributed by atoms with van der Waals surface area (Å²) in [6.45, 7) is 10.6. The minimum Gasteiger partial charge on any atom is -0.497 e. The maximum atomic E-state index is 12.5. The number of aromatic nitrogens is 2. The van der Waals surface area contributed by atoms with E-state index in [1.54, 1.807) is 36.4 Å². The molecule has 0 bridgehead atoms. The second-order valence-electron chi connectivity index (χ2n) is 8.28. The van der Waals surface area contributed by atoms with Gasteiger partial charge in [-0.05, 0) is 64.0 Å². The van der Waals surface area contributed by atoms with E-state index in [4.69, 9.17) is 14.2 Å². The smallest absolute Gasteiger partial charge is 0.410 e. The zero-order valence-corrected chi connectivity index (χ0v) is 18.6. The van der Waals surface area contributed by atoms with Gasteiger partial charge >= 0.3 is 6.09 Å². The standard InChI is InChI=1S/C23H30N4O4/c1-6-20-25-15-19(21(26-20)30-18-11-9-17(29-5)10-12-18)24-14-16-8-7-13-27(16)22(28)31-23(2,3)4/h6,9-12,15-16,24H,1,7-8,13-14H2,2-5H3/t16-/m0/s1. The molecule has 166 valence electrons. The third-order valence-corrected chi connectivity index (χ3v) is 4.76. The van der Waals surface area contributed by atoms with Crippen LogP contribution in [0.25, 0.3) is 6.08 Å². The molecule has 8 nitrogen and oxygen atoms in total. The largest absolute Gasteiger partial charge is 0.497 e. The lowest BCUT2D eigenvalue weighted by atomic mass is 10.2. The fourth-order valence-electron chi connectivity index (χ4n) is 3.27. The van der Waals surface area contributed by atoms with E-state index in [-0.39, 0.29) is 12.1 Å². The van der Waals surface area contributed by atoms with E-state index >= 15 is 0 Å². The van der Waals surface area contributed by atoms with Crippen molar-refractivity contribution in [3.8, 4) is 17.4 Å². The van der Waals surface area contributed by atoms with Crippen LogP contribution in [0.4, 0.5) is 10.5 Å². The van der Waals surface area contributed by atoms with Crippen LogP contribution in [0.1, 0.15) is 39.4 Å². The van der Waals surface area contributed by atoms with Gasteiger partial charge < -0.3 is 24.4 Å². The minimum atomic E-state index is -0.522. The van der Waals surface area contributed by atoms with E-state index in [0.29, 0.717) is 36.2 Å². The third kappa shape index (κ3) is 6.10. The normalized spacial score (nSPS) is 16.0. The zero-order valence-electron chi connectivity index (χ0n) is 18.6. The Hall–Kier alpha value is -3.29. The lowest BCUT2D eigenvalue weighted by molar-refractivity contribution is 0.0235. The fourth-order valence-corrected chi connectivity index (χ4v) is 3.27. The van der Waals surface area contributed by atoms with Crippen LogP contribution in [0.2, 0.25) is 0 Å². The number of nitrogens with zero attached hydrogens (tertiary/aromatic N) is 3. The van der Waals surface area contributed by atoms with Gasteiger partial charge in [0.1, 0.15) is 22.8 Å². The fraction of sp³-hybridized carbons (Fsp3) is 0.435. The van der Waals surface area contributed by atoms with Crippen molar-refractivity contribution in [3.05, 3.63) is 42.9 Å². The second kappa shape index (κ2) is 9.68. The van der Waals surface area contributed by atoms with Gasteiger partial charge in [-0.1, -0.05) is 6.58 Å². The van der Waals surface area contributed by atoms with Crippen molar-refractivity contribution in [2.24, 2.45) is 0 Å². The van der Waals surface area contributed by atoms with Crippen molar-refractivity contribution in [1.82, 2.24) is 14.9 Å². The molecule has 1 aromatic carbocycles. The Balaban J connectivity index is 1.71. The summed E-state index contributed by atoms with van der Waals surface area (Å²) in [6.07, 6.45) is 4.77. The number of rotatable bonds is 7. The van der Waals surface area contributed by atoms with Gasteiger partial charge in [-0.15, -0.1) is 0 Å². The van der Waals surface area contributed by atoms with Crippen LogP contribution in [0.3, 0.4) is 0 Å². The lowest BCUT2D eigenvalue weighted by Gasteiger charge is -2.29. The molecule has 2 aromatic rings. The van der Waals surface area contributed by atoms with E-state index < -0.39 is 5.60 Å². The number of methoxy groups -OCH3 is 1. The Labute approximate surface area is 183 Å². The van der Waals surface area contributed by atoms with Crippen LogP contribution in [0.5, 0.6) is 17.4 Å². The van der Waals surface area contributed by atoms with E-state index in [1.807, 2.05) is 32.9 Å². The van der Waals surface area contributed by atoms with Crippen LogP contribution in [0.15, 0.2) is 37.0 Å². The number of nitrogens with one attached hydrogen (secondary N) is 1. The maximum absolute atomic E-state index is 12.5. The summed E-state index contributed by atoms with van der Waals surface area (Å²) in [6, 6.07) is 7.26. The average Bonchev–Trinajstić information content (AvgIpc) is 3.21. The number of likely N-dealkylation sites (tertiary alicyclic amines) is 1. The summed E-state index contributed by atoms with van der Waals surface area (Å²) in [5.41, 5.74) is 0.114. The average molecular weight is 427 g/mol. The highest BCUT2D eigenvalue weighted by Gasteiger charge is 2.32. The van der Waals surface area contributed by atoms with Crippen molar-refractivity contribution in [1.29, 1.82) is 0 Å². The molecule has 2 heterocycles. The number of benzene rings is 1. The molecular weight excluding hydrogens is 396 g/mol. The van der Waals surface area contributed by atoms with E-state index in [9.17, 15) is 4.79 Å². The molecule has 1 aliphatic rings. The number of hydrogen-bond donors (Lipinski definition) is 1. The first kappa shape index (κ1) is 22.4. The second-order valence-corrected chi connectivity index (χ2v) is 8.28. The third-order valence-electron chi connectivity index (χ3n) is 4.76. The van der Waals surface area contributed by atoms with Crippen LogP contribution in [0, 0.1) is 0 Å². The number of ether oxygens (including phenoxy) is 3. The van der Waals surface area contributed by atoms with Gasteiger partial charge in [0.25, 0.3) is 0 Å². The van der Waals surface area contributed by atoms with Gasteiger partial charge in [0, 0.05) is 13.1 Å². The number of hydrogen-bond acceptors (Lipinski definition) is 7. The maximum Gasteiger partial charge on any atom is 0.410 e. The number of amides is 1. The Kier molecular flexibility index (Phi) is 6.99. The summed E-state index contributed by atoms with van der Waals surface area (Å²) >= 11 is 0. The van der Waals surface area contributed by atoms with Gasteiger partial charge in [0.2, 0.25) is 5.88 Å². The van der Waals surface area contributed by atoms with Gasteiger partial charge in [-0.2, -0.15) is 4.98 Å². The summed E-state index contributed by atoms with van der Waals surface area (Å²) in [7, 11) is 1.61. The molecular formula is C23H30N4O4. The molecule has 0 aliphatic carbocycles. The van der Waals surface area contributed by atoms with Crippen molar-refractivity contribution in [3.63, 3.8) is 0 Å². The molecule has 8 heteroatoms. The minimum absolute atomic E-state index is 0.0165. The molecule has 1 saturated heterocycles. The van der Waals surface area contributed by atoms with Gasteiger partial charge in [-0.3, -0.25) is 0 Å². The van der Waals surface area contributed by atoms with Crippen LogP contribution < -0.4 is 14.8 Å². The monoisotopic (exact) mass is 426 g/mol. The topological polar surface area (TPSA) is 85.8 Å². The first-order valence-corrected chi connectivity index (χ1v) is 10.3. The van der Waals surface area contributed by atoms with Crippen molar-refractivity contribution >= 4 is 17.9 Å². The lowest BCUT2D eigenvalue weighted by Crippen LogP contribution is -2.42. The molecule has 0 saturated carbocycles. The number of carbonyl (C=O) groups excluding carboxylic acids is 1. The Morgan fingerprint density at radius 1 is 1.29 bits per heavy atom. The Bertz CT molecular complexity index is 909. The highest BCUT2D eigenvalue weighted by atomic mass is 16.6. The molecule has 1 atom stereocenters. The highest BCUT2D eigenvalue weighted by Crippen LogP contribution is 2.29. The summed E-state index contributed by atoms with van der Waals surface area (Å²) in [4.78, 5) is 23.0. The van der Waals surface area contributed by atoms with Crippen molar-refractivity contribution < 1.29 is 19.0 Å². The van der Waals surface area contributed by atoms with E-state index in [2.05, 4.69) is 21.9 Å². The first-order chi connectivity index (χ1) is 14.8. The van der Waals surface area contributed by atoms with E-state index in [0.717, 1.165) is 18.6 Å². The zero-order chi connectivity index (χ0) is 22.4. The Morgan fingerprint density at radius 3 is 2.65 bits per heavy atom. The summed E-state index contributed by atoms with van der Waals surface area (Å²) in [5.74, 6) is 2.21. The molecule has 1 N–H and O–H groups in total.